The molecule has 1 aromatic rings. The summed E-state index contributed by atoms with van der Waals surface area (Å²) >= 11 is 0. The van der Waals surface area contributed by atoms with Crippen LogP contribution in [0.1, 0.15) is 32.4 Å². The van der Waals surface area contributed by atoms with Gasteiger partial charge >= 0.3 is 0 Å². The molecule has 14 heavy (non-hydrogen) atoms. The van der Waals surface area contributed by atoms with Gasteiger partial charge in [0, 0.05) is 12.6 Å². The Labute approximate surface area is 86.0 Å². The van der Waals surface area contributed by atoms with Crippen LogP contribution in [-0.4, -0.2) is 17.3 Å². The van der Waals surface area contributed by atoms with E-state index in [1.54, 1.807) is 13.8 Å². The van der Waals surface area contributed by atoms with Crippen LogP contribution in [0.2, 0.25) is 0 Å². The number of hydrogen-bond donors (Lipinski definition) is 2. The van der Waals surface area contributed by atoms with Crippen LogP contribution in [0.25, 0.3) is 0 Å². The molecule has 0 heterocycles. The fraction of sp³-hybridized carbons (Fsp3) is 0.500. The molecule has 0 saturated heterocycles. The summed E-state index contributed by atoms with van der Waals surface area (Å²) in [5, 5.41) is 12.8. The van der Waals surface area contributed by atoms with Gasteiger partial charge in [-0.05, 0) is 26.3 Å². The van der Waals surface area contributed by atoms with E-state index in [0.29, 0.717) is 6.54 Å². The summed E-state index contributed by atoms with van der Waals surface area (Å²) in [6.45, 7) is 6.31. The van der Waals surface area contributed by atoms with Gasteiger partial charge in [0.1, 0.15) is 0 Å². The molecule has 0 aliphatic carbocycles. The van der Waals surface area contributed by atoms with Crippen LogP contribution in [0, 0.1) is 0 Å². The summed E-state index contributed by atoms with van der Waals surface area (Å²) in [6, 6.07) is 10.5. The summed E-state index contributed by atoms with van der Waals surface area (Å²) < 4.78 is 0. The van der Waals surface area contributed by atoms with E-state index >= 15 is 0 Å². The van der Waals surface area contributed by atoms with Crippen molar-refractivity contribution in [1.82, 2.24) is 5.32 Å². The highest BCUT2D eigenvalue weighted by atomic mass is 16.3. The van der Waals surface area contributed by atoms with Crippen molar-refractivity contribution in [2.45, 2.75) is 32.4 Å². The van der Waals surface area contributed by atoms with Crippen LogP contribution in [-0.2, 0) is 0 Å². The zero-order valence-electron chi connectivity index (χ0n) is 9.12. The highest BCUT2D eigenvalue weighted by Gasteiger charge is 2.13. The summed E-state index contributed by atoms with van der Waals surface area (Å²) in [4.78, 5) is 0. The second-order valence-electron chi connectivity index (χ2n) is 4.33. The number of benzene rings is 1. The van der Waals surface area contributed by atoms with Crippen LogP contribution in [0.15, 0.2) is 30.3 Å². The molecule has 0 spiro atoms. The predicted molar refractivity (Wildman–Crippen MR) is 59.2 cm³/mol. The Bertz CT molecular complexity index is 263. The number of aliphatic hydroxyl groups is 1. The lowest BCUT2D eigenvalue weighted by Gasteiger charge is -2.21. The van der Waals surface area contributed by atoms with Crippen LogP contribution in [0.5, 0.6) is 0 Å². The molecule has 1 rings (SSSR count). The van der Waals surface area contributed by atoms with Gasteiger partial charge in [-0.2, -0.15) is 0 Å². The molecular formula is C12H19NO. The van der Waals surface area contributed by atoms with Gasteiger partial charge in [0.15, 0.2) is 0 Å². The zero-order valence-corrected chi connectivity index (χ0v) is 9.12. The lowest BCUT2D eigenvalue weighted by Crippen LogP contribution is -2.36. The maximum atomic E-state index is 9.55. The van der Waals surface area contributed by atoms with Crippen LogP contribution in [0.4, 0.5) is 0 Å². The second kappa shape index (κ2) is 4.58. The minimum Gasteiger partial charge on any atom is -0.389 e. The van der Waals surface area contributed by atoms with Crippen molar-refractivity contribution >= 4 is 0 Å². The van der Waals surface area contributed by atoms with E-state index in [0.717, 1.165) is 0 Å². The zero-order chi connectivity index (χ0) is 10.6. The summed E-state index contributed by atoms with van der Waals surface area (Å²) in [7, 11) is 0. The maximum absolute atomic E-state index is 9.55. The smallest absolute Gasteiger partial charge is 0.0715 e. The average molecular weight is 193 g/mol. The Kier molecular flexibility index (Phi) is 3.67. The van der Waals surface area contributed by atoms with Crippen LogP contribution in [0.3, 0.4) is 0 Å². The van der Waals surface area contributed by atoms with Crippen molar-refractivity contribution in [1.29, 1.82) is 0 Å². The van der Waals surface area contributed by atoms with Crippen molar-refractivity contribution in [2.75, 3.05) is 6.54 Å². The fourth-order valence-electron chi connectivity index (χ4n) is 1.26. The van der Waals surface area contributed by atoms with Crippen molar-refractivity contribution < 1.29 is 5.11 Å². The number of nitrogens with one attached hydrogen (secondary N) is 1. The Morgan fingerprint density at radius 3 is 2.36 bits per heavy atom. The van der Waals surface area contributed by atoms with E-state index in [9.17, 15) is 5.11 Å². The van der Waals surface area contributed by atoms with Gasteiger partial charge in [-0.1, -0.05) is 30.3 Å². The van der Waals surface area contributed by atoms with E-state index in [1.165, 1.54) is 5.56 Å². The van der Waals surface area contributed by atoms with E-state index in [-0.39, 0.29) is 6.04 Å². The quantitative estimate of drug-likeness (QED) is 0.767. The monoisotopic (exact) mass is 193 g/mol. The lowest BCUT2D eigenvalue weighted by molar-refractivity contribution is 0.0770. The van der Waals surface area contributed by atoms with E-state index in [1.807, 2.05) is 18.2 Å². The minimum absolute atomic E-state index is 0.280. The molecule has 0 saturated carbocycles. The Balaban J connectivity index is 2.48. The van der Waals surface area contributed by atoms with Gasteiger partial charge in [-0.25, -0.2) is 0 Å². The van der Waals surface area contributed by atoms with Gasteiger partial charge in [0.25, 0.3) is 0 Å². The number of hydrogen-bond acceptors (Lipinski definition) is 2. The summed E-state index contributed by atoms with van der Waals surface area (Å²) in [5.41, 5.74) is 0.597. The van der Waals surface area contributed by atoms with E-state index in [2.05, 4.69) is 24.4 Å². The largest absolute Gasteiger partial charge is 0.389 e. The van der Waals surface area contributed by atoms with Crippen molar-refractivity contribution in [3.8, 4) is 0 Å². The third-order valence-corrected chi connectivity index (χ3v) is 2.14. The Morgan fingerprint density at radius 1 is 1.29 bits per heavy atom. The summed E-state index contributed by atoms with van der Waals surface area (Å²) in [6.07, 6.45) is 0. The molecule has 0 aromatic heterocycles. The minimum atomic E-state index is -0.650. The van der Waals surface area contributed by atoms with Crippen molar-refractivity contribution in [2.24, 2.45) is 0 Å². The van der Waals surface area contributed by atoms with E-state index in [4.69, 9.17) is 0 Å². The normalized spacial score (nSPS) is 14.0. The molecule has 0 bridgehead atoms. The molecular weight excluding hydrogens is 174 g/mol. The van der Waals surface area contributed by atoms with Gasteiger partial charge in [-0.15, -0.1) is 0 Å². The van der Waals surface area contributed by atoms with Crippen molar-refractivity contribution in [3.63, 3.8) is 0 Å². The molecule has 0 fully saturated rings. The SMILES string of the molecule is C[C@@H](NCC(C)(C)O)c1ccccc1. The van der Waals surface area contributed by atoms with E-state index < -0.39 is 5.60 Å². The molecule has 2 N–H and O–H groups in total. The molecule has 0 aliphatic heterocycles. The lowest BCUT2D eigenvalue weighted by atomic mass is 10.1. The molecule has 2 heteroatoms. The second-order valence-corrected chi connectivity index (χ2v) is 4.33. The number of rotatable bonds is 4. The highest BCUT2D eigenvalue weighted by molar-refractivity contribution is 5.18. The first kappa shape index (κ1) is 11.2. The molecule has 1 atom stereocenters. The van der Waals surface area contributed by atoms with Crippen LogP contribution < -0.4 is 5.32 Å². The molecule has 0 aliphatic rings. The standard InChI is InChI=1S/C12H19NO/c1-10(13-9-12(2,3)14)11-7-5-4-6-8-11/h4-8,10,13-14H,9H2,1-3H3/t10-/m1/s1. The molecule has 0 amide bonds. The average Bonchev–Trinajstić information content (AvgIpc) is 2.14. The molecule has 78 valence electrons. The molecule has 0 unspecified atom stereocenters. The van der Waals surface area contributed by atoms with Crippen LogP contribution >= 0.6 is 0 Å². The fourth-order valence-corrected chi connectivity index (χ4v) is 1.26. The first-order chi connectivity index (χ1) is 6.49. The molecule has 0 radical (unpaired) electrons. The van der Waals surface area contributed by atoms with Crippen molar-refractivity contribution in [3.05, 3.63) is 35.9 Å². The summed E-state index contributed by atoms with van der Waals surface area (Å²) in [5.74, 6) is 0. The topological polar surface area (TPSA) is 32.3 Å². The van der Waals surface area contributed by atoms with Gasteiger partial charge < -0.3 is 10.4 Å². The Morgan fingerprint density at radius 2 is 1.86 bits per heavy atom. The van der Waals surface area contributed by atoms with Gasteiger partial charge in [-0.3, -0.25) is 0 Å². The molecule has 1 aromatic carbocycles. The highest BCUT2D eigenvalue weighted by Crippen LogP contribution is 2.12. The third-order valence-electron chi connectivity index (χ3n) is 2.14. The van der Waals surface area contributed by atoms with Gasteiger partial charge in [0.05, 0.1) is 5.60 Å². The van der Waals surface area contributed by atoms with Gasteiger partial charge in [0.2, 0.25) is 0 Å². The Hall–Kier alpha value is -0.860. The molecule has 2 nitrogen and oxygen atoms in total. The first-order valence-corrected chi connectivity index (χ1v) is 5.00. The third kappa shape index (κ3) is 3.90. The maximum Gasteiger partial charge on any atom is 0.0715 e. The predicted octanol–water partition coefficient (Wildman–Crippen LogP) is 2.11. The first-order valence-electron chi connectivity index (χ1n) is 5.00.